The molecule has 216 valence electrons. The van der Waals surface area contributed by atoms with Crippen molar-refractivity contribution in [1.82, 2.24) is 19.6 Å². The second kappa shape index (κ2) is 13.0. The number of cyclic esters (lactones) is 1. The highest BCUT2D eigenvalue weighted by atomic mass is 16.6. The number of rotatable bonds is 10. The Kier molecular flexibility index (Phi) is 10.2. The first-order chi connectivity index (χ1) is 17.9. The number of nitrogens with one attached hydrogen (secondary N) is 1. The van der Waals surface area contributed by atoms with Gasteiger partial charge in [0.25, 0.3) is 0 Å². The van der Waals surface area contributed by atoms with Crippen molar-refractivity contribution < 1.29 is 29.0 Å². The number of piperazine rings is 1. The molecule has 3 fully saturated rings. The number of piperidine rings is 1. The molecule has 0 spiro atoms. The van der Waals surface area contributed by atoms with Crippen molar-refractivity contribution in [2.45, 2.75) is 90.1 Å². The Balaban J connectivity index is 1.43. The van der Waals surface area contributed by atoms with Gasteiger partial charge in [-0.25, -0.2) is 9.59 Å². The lowest BCUT2D eigenvalue weighted by atomic mass is 9.87. The van der Waals surface area contributed by atoms with Crippen LogP contribution in [0, 0.1) is 11.3 Å². The van der Waals surface area contributed by atoms with Crippen molar-refractivity contribution in [3.63, 3.8) is 0 Å². The third-order valence-corrected chi connectivity index (χ3v) is 7.70. The molecule has 0 aromatic carbocycles. The van der Waals surface area contributed by atoms with Gasteiger partial charge in [-0.15, -0.1) is 0 Å². The van der Waals surface area contributed by atoms with Gasteiger partial charge < -0.3 is 30.1 Å². The van der Waals surface area contributed by atoms with E-state index in [1.807, 2.05) is 32.6 Å². The summed E-state index contributed by atoms with van der Waals surface area (Å²) in [5, 5.41) is 16.8. The van der Waals surface area contributed by atoms with Crippen molar-refractivity contribution in [3.8, 4) is 0 Å². The highest BCUT2D eigenvalue weighted by Gasteiger charge is 2.43. The number of carboxylic acid groups (broad SMARTS) is 1. The van der Waals surface area contributed by atoms with Crippen LogP contribution in [0.2, 0.25) is 0 Å². The fraction of sp³-hybridized carbons (Fsp3) is 0.846. The summed E-state index contributed by atoms with van der Waals surface area (Å²) in [6.45, 7) is 12.6. The zero-order chi connectivity index (χ0) is 28.0. The molecule has 0 aromatic rings. The Morgan fingerprint density at radius 3 is 2.42 bits per heavy atom. The van der Waals surface area contributed by atoms with E-state index in [0.717, 1.165) is 52.0 Å². The maximum atomic E-state index is 12.7. The first-order valence-electron chi connectivity index (χ1n) is 13.8. The summed E-state index contributed by atoms with van der Waals surface area (Å²) >= 11 is 0. The van der Waals surface area contributed by atoms with Crippen LogP contribution < -0.4 is 5.73 Å². The number of aliphatic carboxylic acids is 1. The average Bonchev–Trinajstić information content (AvgIpc) is 3.11. The van der Waals surface area contributed by atoms with Crippen molar-refractivity contribution in [2.24, 2.45) is 11.7 Å². The van der Waals surface area contributed by atoms with Gasteiger partial charge in [0.05, 0.1) is 12.1 Å². The monoisotopic (exact) mass is 538 g/mol. The lowest BCUT2D eigenvalue weighted by Gasteiger charge is -2.39. The van der Waals surface area contributed by atoms with E-state index in [9.17, 15) is 14.4 Å². The van der Waals surface area contributed by atoms with Gasteiger partial charge in [0, 0.05) is 45.7 Å². The van der Waals surface area contributed by atoms with Gasteiger partial charge in [-0.05, 0) is 72.3 Å². The molecule has 0 bridgehead atoms. The summed E-state index contributed by atoms with van der Waals surface area (Å²) in [5.41, 5.74) is 5.24. The molecule has 3 rings (SSSR count). The minimum atomic E-state index is -0.764. The molecule has 2 amide bonds. The molecule has 4 atom stereocenters. The predicted molar refractivity (Wildman–Crippen MR) is 142 cm³/mol. The summed E-state index contributed by atoms with van der Waals surface area (Å²) in [6.07, 6.45) is 2.95. The number of hydrogen-bond donors (Lipinski definition) is 3. The zero-order valence-corrected chi connectivity index (χ0v) is 23.4. The number of ether oxygens (including phenoxy) is 2. The Bertz CT molecular complexity index is 856. The first kappa shape index (κ1) is 29.9. The van der Waals surface area contributed by atoms with Gasteiger partial charge in [0.15, 0.2) is 6.23 Å². The summed E-state index contributed by atoms with van der Waals surface area (Å²) in [4.78, 5) is 43.9. The molecule has 4 unspecified atom stereocenters. The van der Waals surface area contributed by atoms with Crippen molar-refractivity contribution in [3.05, 3.63) is 0 Å². The van der Waals surface area contributed by atoms with E-state index in [2.05, 4.69) is 9.80 Å². The maximum Gasteiger partial charge on any atom is 0.411 e. The molecule has 12 heteroatoms. The highest BCUT2D eigenvalue weighted by Crippen LogP contribution is 2.29. The first-order valence-corrected chi connectivity index (χ1v) is 13.8. The normalized spacial score (nSPS) is 27.3. The maximum absolute atomic E-state index is 12.7. The number of carbonyl (C=O) groups excluding carboxylic acids is 2. The standard InChI is InChI=1S/C26H46N6O6/c1-18-23(30-15-13-29(14-16-30)10-6-8-21(33)34)37-24(35)31(18)11-5-7-19-9-12-32(20(17-19)22(27)28)25(36)38-26(2,3)4/h18-20,23H,5-17H2,1-4H3,(H3,27,28)(H,33,34). The van der Waals surface area contributed by atoms with Crippen LogP contribution in [0.3, 0.4) is 0 Å². The third-order valence-electron chi connectivity index (χ3n) is 7.70. The second-order valence-electron chi connectivity index (χ2n) is 11.8. The third kappa shape index (κ3) is 8.20. The van der Waals surface area contributed by atoms with Crippen LogP contribution in [0.15, 0.2) is 0 Å². The summed E-state index contributed by atoms with van der Waals surface area (Å²) in [6, 6.07) is -0.522. The van der Waals surface area contributed by atoms with E-state index in [0.29, 0.717) is 31.8 Å². The molecule has 3 heterocycles. The number of nitrogens with two attached hydrogens (primary N) is 1. The Morgan fingerprint density at radius 1 is 1.13 bits per heavy atom. The molecular weight excluding hydrogens is 492 g/mol. The number of carboxylic acids is 1. The lowest BCUT2D eigenvalue weighted by Crippen LogP contribution is -2.53. The van der Waals surface area contributed by atoms with E-state index in [-0.39, 0.29) is 30.6 Å². The van der Waals surface area contributed by atoms with Crippen LogP contribution >= 0.6 is 0 Å². The van der Waals surface area contributed by atoms with E-state index in [1.54, 1.807) is 4.90 Å². The van der Waals surface area contributed by atoms with Crippen LogP contribution in [-0.2, 0) is 14.3 Å². The topological polar surface area (TPSA) is 153 Å². The molecular formula is C26H46N6O6. The molecule has 3 aliphatic rings. The van der Waals surface area contributed by atoms with Crippen LogP contribution in [0.25, 0.3) is 0 Å². The fourth-order valence-corrected chi connectivity index (χ4v) is 5.64. The molecule has 4 N–H and O–H groups in total. The largest absolute Gasteiger partial charge is 0.481 e. The lowest BCUT2D eigenvalue weighted by molar-refractivity contribution is -0.137. The number of carbonyl (C=O) groups is 3. The van der Waals surface area contributed by atoms with Gasteiger partial charge in [-0.1, -0.05) is 0 Å². The molecule has 3 aliphatic heterocycles. The van der Waals surface area contributed by atoms with E-state index >= 15 is 0 Å². The SMILES string of the molecule is CC1C(N2CCN(CCCC(=O)O)CC2)OC(=O)N1CCCC1CCN(C(=O)OC(C)(C)C)C(C(=N)N)C1. The van der Waals surface area contributed by atoms with Crippen LogP contribution in [-0.4, -0.2) is 118 Å². The van der Waals surface area contributed by atoms with Gasteiger partial charge >= 0.3 is 18.2 Å². The smallest absolute Gasteiger partial charge is 0.411 e. The number of likely N-dealkylation sites (tertiary alicyclic amines) is 1. The van der Waals surface area contributed by atoms with Crippen LogP contribution in [0.5, 0.6) is 0 Å². The molecule has 0 aliphatic carbocycles. The summed E-state index contributed by atoms with van der Waals surface area (Å²) < 4.78 is 11.3. The molecule has 0 saturated carbocycles. The molecule has 38 heavy (non-hydrogen) atoms. The van der Waals surface area contributed by atoms with Gasteiger partial charge in [0.2, 0.25) is 0 Å². The van der Waals surface area contributed by atoms with Gasteiger partial charge in [-0.2, -0.15) is 0 Å². The van der Waals surface area contributed by atoms with Gasteiger partial charge in [-0.3, -0.25) is 20.0 Å². The van der Waals surface area contributed by atoms with E-state index in [4.69, 9.17) is 25.7 Å². The number of amides is 2. The number of amidine groups is 1. The van der Waals surface area contributed by atoms with Crippen molar-refractivity contribution in [2.75, 3.05) is 45.8 Å². The molecule has 3 saturated heterocycles. The average molecular weight is 539 g/mol. The Labute approximate surface area is 225 Å². The van der Waals surface area contributed by atoms with Crippen LogP contribution in [0.4, 0.5) is 9.59 Å². The van der Waals surface area contributed by atoms with Crippen molar-refractivity contribution >= 4 is 24.0 Å². The zero-order valence-electron chi connectivity index (χ0n) is 23.4. The summed E-state index contributed by atoms with van der Waals surface area (Å²) in [5.74, 6) is -0.482. The minimum absolute atomic E-state index is 0.0258. The van der Waals surface area contributed by atoms with E-state index in [1.165, 1.54) is 0 Å². The predicted octanol–water partition coefficient (Wildman–Crippen LogP) is 2.37. The Morgan fingerprint density at radius 2 is 1.82 bits per heavy atom. The fourth-order valence-electron chi connectivity index (χ4n) is 5.64. The van der Waals surface area contributed by atoms with Crippen molar-refractivity contribution in [1.29, 1.82) is 5.41 Å². The quantitative estimate of drug-likeness (QED) is 0.281. The Hall–Kier alpha value is -2.60. The number of hydrogen-bond acceptors (Lipinski definition) is 8. The summed E-state index contributed by atoms with van der Waals surface area (Å²) in [7, 11) is 0. The van der Waals surface area contributed by atoms with Gasteiger partial charge in [0.1, 0.15) is 11.4 Å². The second-order valence-corrected chi connectivity index (χ2v) is 11.8. The molecule has 0 radical (unpaired) electrons. The minimum Gasteiger partial charge on any atom is -0.481 e. The molecule has 12 nitrogen and oxygen atoms in total. The van der Waals surface area contributed by atoms with Crippen LogP contribution in [0.1, 0.15) is 66.2 Å². The molecule has 0 aromatic heterocycles. The van der Waals surface area contributed by atoms with E-state index < -0.39 is 23.7 Å². The highest BCUT2D eigenvalue weighted by molar-refractivity contribution is 5.86. The number of nitrogens with zero attached hydrogens (tertiary/aromatic N) is 4.